The molecule has 1 rings (SSSR count). The molecule has 2 amide bonds. The molecule has 1 aliphatic heterocycles. The van der Waals surface area contributed by atoms with Gasteiger partial charge in [-0.1, -0.05) is 11.8 Å². The molecule has 11 heteroatoms. The number of nitrogens with zero attached hydrogens (tertiary/aromatic N) is 1. The second-order valence-corrected chi connectivity index (χ2v) is 6.85. The minimum Gasteiger partial charge on any atom is -0.480 e. The van der Waals surface area contributed by atoms with Crippen molar-refractivity contribution in [2.24, 2.45) is 5.92 Å². The van der Waals surface area contributed by atoms with Gasteiger partial charge in [0.1, 0.15) is 18.0 Å². The summed E-state index contributed by atoms with van der Waals surface area (Å²) >= 11 is 0.367. The molecule has 0 aromatic heterocycles. The number of amides is 2. The molecular formula is C14H19F3N2O5S. The number of carboxylic acid groups (broad SMARTS) is 1. The van der Waals surface area contributed by atoms with Crippen LogP contribution in [0.2, 0.25) is 0 Å². The monoisotopic (exact) mass is 384 g/mol. The van der Waals surface area contributed by atoms with Crippen molar-refractivity contribution in [3.63, 3.8) is 0 Å². The number of likely N-dealkylation sites (tertiary alicyclic amines) is 1. The van der Waals surface area contributed by atoms with Gasteiger partial charge in [-0.3, -0.25) is 14.4 Å². The van der Waals surface area contributed by atoms with E-state index in [-0.39, 0.29) is 13.0 Å². The molecule has 1 fully saturated rings. The molecule has 0 aliphatic carbocycles. The first kappa shape index (κ1) is 21.3. The number of rotatable bonds is 6. The van der Waals surface area contributed by atoms with Crippen LogP contribution in [-0.4, -0.2) is 63.5 Å². The lowest BCUT2D eigenvalue weighted by molar-refractivity contribution is -0.178. The lowest BCUT2D eigenvalue weighted by Gasteiger charge is -2.27. The summed E-state index contributed by atoms with van der Waals surface area (Å²) < 4.78 is 38.9. The standard InChI is InChI=1S/C14H19F3N2O5S/c1-7(12(22)19-5-3-4-10(19)13(23)24)18-11(21)9(14(15,16)17)6-25-8(2)20/h7,9-10H,3-6H2,1-2H3,(H,18,21)(H,23,24)/t7-,9+,10-/m0/s1. The molecule has 1 heterocycles. The zero-order chi connectivity index (χ0) is 19.4. The molecular weight excluding hydrogens is 365 g/mol. The van der Waals surface area contributed by atoms with E-state index in [2.05, 4.69) is 0 Å². The van der Waals surface area contributed by atoms with Gasteiger partial charge in [0.25, 0.3) is 0 Å². The quantitative estimate of drug-likeness (QED) is 0.709. The maximum atomic E-state index is 13.0. The number of alkyl halides is 3. The van der Waals surface area contributed by atoms with Crippen molar-refractivity contribution in [1.29, 1.82) is 0 Å². The molecule has 7 nitrogen and oxygen atoms in total. The van der Waals surface area contributed by atoms with Gasteiger partial charge >= 0.3 is 12.1 Å². The summed E-state index contributed by atoms with van der Waals surface area (Å²) in [6.07, 6.45) is -4.15. The van der Waals surface area contributed by atoms with Gasteiger partial charge in [0, 0.05) is 19.2 Å². The second kappa shape index (κ2) is 8.54. The van der Waals surface area contributed by atoms with Crippen molar-refractivity contribution in [2.75, 3.05) is 12.3 Å². The van der Waals surface area contributed by atoms with Crippen molar-refractivity contribution < 1.29 is 37.5 Å². The van der Waals surface area contributed by atoms with Crippen LogP contribution >= 0.6 is 11.8 Å². The second-order valence-electron chi connectivity index (χ2n) is 5.65. The fraction of sp³-hybridized carbons (Fsp3) is 0.714. The zero-order valence-corrected chi connectivity index (χ0v) is 14.4. The number of carbonyl (C=O) groups excluding carboxylic acids is 3. The van der Waals surface area contributed by atoms with Crippen LogP contribution in [0.1, 0.15) is 26.7 Å². The molecule has 0 spiro atoms. The summed E-state index contributed by atoms with van der Waals surface area (Å²) in [5, 5.41) is 10.5. The number of thioether (sulfide) groups is 1. The van der Waals surface area contributed by atoms with Crippen molar-refractivity contribution in [2.45, 2.75) is 44.9 Å². The number of carbonyl (C=O) groups is 4. The van der Waals surface area contributed by atoms with Crippen molar-refractivity contribution in [3.8, 4) is 0 Å². The molecule has 1 aliphatic rings. The third-order valence-corrected chi connectivity index (χ3v) is 4.62. The number of hydrogen-bond donors (Lipinski definition) is 2. The first-order chi connectivity index (χ1) is 11.4. The highest BCUT2D eigenvalue weighted by molar-refractivity contribution is 8.13. The molecule has 0 aromatic rings. The predicted octanol–water partition coefficient (Wildman–Crippen LogP) is 1.02. The van der Waals surface area contributed by atoms with Crippen molar-refractivity contribution in [1.82, 2.24) is 10.2 Å². The molecule has 0 saturated carbocycles. The van der Waals surface area contributed by atoms with Crippen LogP contribution < -0.4 is 5.32 Å². The molecule has 25 heavy (non-hydrogen) atoms. The molecule has 3 atom stereocenters. The highest BCUT2D eigenvalue weighted by Gasteiger charge is 2.46. The third kappa shape index (κ3) is 5.91. The molecule has 1 saturated heterocycles. The van der Waals surface area contributed by atoms with E-state index in [0.29, 0.717) is 18.2 Å². The summed E-state index contributed by atoms with van der Waals surface area (Å²) in [4.78, 5) is 47.1. The van der Waals surface area contributed by atoms with Gasteiger partial charge in [0.15, 0.2) is 5.12 Å². The third-order valence-electron chi connectivity index (χ3n) is 3.72. The van der Waals surface area contributed by atoms with E-state index >= 15 is 0 Å². The van der Waals surface area contributed by atoms with Gasteiger partial charge in [-0.2, -0.15) is 13.2 Å². The zero-order valence-electron chi connectivity index (χ0n) is 13.6. The smallest absolute Gasteiger partial charge is 0.401 e. The summed E-state index contributed by atoms with van der Waals surface area (Å²) in [6.45, 7) is 2.45. The minimum absolute atomic E-state index is 0.166. The van der Waals surface area contributed by atoms with Gasteiger partial charge in [0.2, 0.25) is 11.8 Å². The summed E-state index contributed by atoms with van der Waals surface area (Å²) in [5.74, 6) is -6.60. The molecule has 0 radical (unpaired) electrons. The Balaban J connectivity index is 2.76. The van der Waals surface area contributed by atoms with Crippen molar-refractivity contribution >= 4 is 34.7 Å². The number of aliphatic carboxylic acids is 1. The molecule has 0 bridgehead atoms. The van der Waals surface area contributed by atoms with Gasteiger partial charge in [-0.25, -0.2) is 4.79 Å². The number of carboxylic acids is 1. The van der Waals surface area contributed by atoms with Crippen LogP contribution in [0, 0.1) is 5.92 Å². The highest BCUT2D eigenvalue weighted by Crippen LogP contribution is 2.30. The van der Waals surface area contributed by atoms with Gasteiger partial charge < -0.3 is 15.3 Å². The van der Waals surface area contributed by atoms with Crippen molar-refractivity contribution in [3.05, 3.63) is 0 Å². The Morgan fingerprint density at radius 2 is 1.92 bits per heavy atom. The highest BCUT2D eigenvalue weighted by atomic mass is 32.2. The molecule has 0 unspecified atom stereocenters. The van der Waals surface area contributed by atoms with E-state index in [9.17, 15) is 32.3 Å². The lowest BCUT2D eigenvalue weighted by atomic mass is 10.1. The maximum Gasteiger partial charge on any atom is 0.401 e. The number of nitrogens with one attached hydrogen (secondary N) is 1. The lowest BCUT2D eigenvalue weighted by Crippen LogP contribution is -2.53. The van der Waals surface area contributed by atoms with Crippen LogP contribution in [0.15, 0.2) is 0 Å². The van der Waals surface area contributed by atoms with Crippen LogP contribution in [0.5, 0.6) is 0 Å². The number of hydrogen-bond acceptors (Lipinski definition) is 5. The van der Waals surface area contributed by atoms with Crippen LogP contribution in [0.3, 0.4) is 0 Å². The Morgan fingerprint density at radius 1 is 1.32 bits per heavy atom. The summed E-state index contributed by atoms with van der Waals surface area (Å²) in [7, 11) is 0. The average molecular weight is 384 g/mol. The Hall–Kier alpha value is -1.78. The number of halogens is 3. The van der Waals surface area contributed by atoms with E-state index in [0.717, 1.165) is 11.8 Å². The van der Waals surface area contributed by atoms with E-state index in [1.165, 1.54) is 6.92 Å². The first-order valence-electron chi connectivity index (χ1n) is 7.49. The van der Waals surface area contributed by atoms with Gasteiger partial charge in [0.05, 0.1) is 0 Å². The van der Waals surface area contributed by atoms with E-state index in [1.807, 2.05) is 5.32 Å². The van der Waals surface area contributed by atoms with Crippen LogP contribution in [0.25, 0.3) is 0 Å². The Morgan fingerprint density at radius 3 is 2.40 bits per heavy atom. The Bertz CT molecular complexity index is 555. The molecule has 142 valence electrons. The SMILES string of the molecule is CC(=O)SC[C@H](C(=O)N[C@@H](C)C(=O)N1CCC[C@H]1C(=O)O)C(F)(F)F. The Labute approximate surface area is 146 Å². The fourth-order valence-electron chi connectivity index (χ4n) is 2.43. The van der Waals surface area contributed by atoms with Crippen LogP contribution in [0.4, 0.5) is 13.2 Å². The van der Waals surface area contributed by atoms with Gasteiger partial charge in [-0.05, 0) is 19.8 Å². The molecule has 2 N–H and O–H groups in total. The Kier molecular flexibility index (Phi) is 7.27. The minimum atomic E-state index is -4.87. The summed E-state index contributed by atoms with van der Waals surface area (Å²) in [5.41, 5.74) is 0. The normalized spacial score (nSPS) is 20.0. The summed E-state index contributed by atoms with van der Waals surface area (Å²) in [6, 6.07) is -2.35. The van der Waals surface area contributed by atoms with E-state index in [1.54, 1.807) is 0 Å². The topological polar surface area (TPSA) is 104 Å². The van der Waals surface area contributed by atoms with Gasteiger partial charge in [-0.15, -0.1) is 0 Å². The maximum absolute atomic E-state index is 13.0. The van der Waals surface area contributed by atoms with E-state index < -0.39 is 52.8 Å². The predicted molar refractivity (Wildman–Crippen MR) is 82.7 cm³/mol. The molecule has 0 aromatic carbocycles. The largest absolute Gasteiger partial charge is 0.480 e. The van der Waals surface area contributed by atoms with Crippen LogP contribution in [-0.2, 0) is 19.2 Å². The first-order valence-corrected chi connectivity index (χ1v) is 8.47. The van der Waals surface area contributed by atoms with E-state index in [4.69, 9.17) is 5.11 Å². The average Bonchev–Trinajstić information content (AvgIpc) is 2.94. The fourth-order valence-corrected chi connectivity index (χ4v) is 3.17.